The minimum Gasteiger partial charge on any atom is -0.496 e. The number of hydrogen-bond acceptors (Lipinski definition) is 2. The van der Waals surface area contributed by atoms with Crippen molar-refractivity contribution >= 4 is 23.2 Å². The second-order valence-electron chi connectivity index (χ2n) is 4.45. The highest BCUT2D eigenvalue weighted by Gasteiger charge is 2.14. The van der Waals surface area contributed by atoms with Crippen molar-refractivity contribution in [2.24, 2.45) is 5.73 Å². The maximum atomic E-state index is 13.4. The van der Waals surface area contributed by atoms with Crippen LogP contribution in [0.15, 0.2) is 36.4 Å². The molecule has 2 N–H and O–H groups in total. The molecule has 0 spiro atoms. The first-order valence-electron chi connectivity index (χ1n) is 6.04. The third kappa shape index (κ3) is 3.42. The standard InChI is InChI=1S/C15H14Cl2FNO/c1-20-15-8-10(16)3-4-11(15)14(19)7-9-2-5-12(17)13(18)6-9/h2-6,8,14H,7,19H2,1H3. The van der Waals surface area contributed by atoms with E-state index in [1.54, 1.807) is 25.3 Å². The highest BCUT2D eigenvalue weighted by atomic mass is 35.5. The summed E-state index contributed by atoms with van der Waals surface area (Å²) in [6, 6.07) is 9.64. The SMILES string of the molecule is COc1cc(Cl)ccc1C(N)Cc1ccc(Cl)c(F)c1. The van der Waals surface area contributed by atoms with E-state index in [9.17, 15) is 4.39 Å². The summed E-state index contributed by atoms with van der Waals surface area (Å²) in [5.41, 5.74) is 7.76. The van der Waals surface area contributed by atoms with Crippen LogP contribution >= 0.6 is 23.2 Å². The van der Waals surface area contributed by atoms with E-state index in [0.717, 1.165) is 11.1 Å². The highest BCUT2D eigenvalue weighted by Crippen LogP contribution is 2.29. The van der Waals surface area contributed by atoms with E-state index >= 15 is 0 Å². The van der Waals surface area contributed by atoms with Crippen molar-refractivity contribution in [2.45, 2.75) is 12.5 Å². The molecule has 1 unspecified atom stereocenters. The van der Waals surface area contributed by atoms with Gasteiger partial charge in [0.2, 0.25) is 0 Å². The van der Waals surface area contributed by atoms with Crippen molar-refractivity contribution in [1.82, 2.24) is 0 Å². The van der Waals surface area contributed by atoms with Crippen LogP contribution in [0, 0.1) is 5.82 Å². The molecule has 1 atom stereocenters. The summed E-state index contributed by atoms with van der Waals surface area (Å²) in [5, 5.41) is 0.682. The molecular weight excluding hydrogens is 300 g/mol. The Morgan fingerprint density at radius 2 is 1.95 bits per heavy atom. The number of nitrogens with two attached hydrogens (primary N) is 1. The largest absolute Gasteiger partial charge is 0.496 e. The average Bonchev–Trinajstić information content (AvgIpc) is 2.42. The van der Waals surface area contributed by atoms with E-state index < -0.39 is 5.82 Å². The lowest BCUT2D eigenvalue weighted by molar-refractivity contribution is 0.405. The zero-order valence-electron chi connectivity index (χ0n) is 10.9. The molecule has 2 aromatic carbocycles. The minimum atomic E-state index is -0.445. The van der Waals surface area contributed by atoms with Gasteiger partial charge < -0.3 is 10.5 Å². The van der Waals surface area contributed by atoms with Gasteiger partial charge in [0.05, 0.1) is 12.1 Å². The summed E-state index contributed by atoms with van der Waals surface area (Å²) in [4.78, 5) is 0. The molecule has 0 bridgehead atoms. The normalized spacial score (nSPS) is 12.2. The second kappa shape index (κ2) is 6.44. The van der Waals surface area contributed by atoms with Crippen LogP contribution in [-0.2, 0) is 6.42 Å². The van der Waals surface area contributed by atoms with E-state index in [2.05, 4.69) is 0 Å². The fraction of sp³-hybridized carbons (Fsp3) is 0.200. The molecule has 0 aliphatic heterocycles. The summed E-state index contributed by atoms with van der Waals surface area (Å²) < 4.78 is 18.7. The van der Waals surface area contributed by atoms with Crippen LogP contribution in [0.1, 0.15) is 17.2 Å². The van der Waals surface area contributed by atoms with Crippen molar-refractivity contribution in [3.05, 3.63) is 63.4 Å². The second-order valence-corrected chi connectivity index (χ2v) is 5.29. The summed E-state index contributed by atoms with van der Waals surface area (Å²) in [6.45, 7) is 0. The van der Waals surface area contributed by atoms with Crippen molar-refractivity contribution < 1.29 is 9.13 Å². The number of ether oxygens (including phenoxy) is 1. The quantitative estimate of drug-likeness (QED) is 0.909. The fourth-order valence-corrected chi connectivity index (χ4v) is 2.30. The third-order valence-electron chi connectivity index (χ3n) is 3.03. The van der Waals surface area contributed by atoms with Crippen LogP contribution in [-0.4, -0.2) is 7.11 Å². The number of hydrogen-bond donors (Lipinski definition) is 1. The van der Waals surface area contributed by atoms with Gasteiger partial charge in [-0.3, -0.25) is 0 Å². The van der Waals surface area contributed by atoms with Gasteiger partial charge in [-0.25, -0.2) is 4.39 Å². The Morgan fingerprint density at radius 3 is 2.60 bits per heavy atom. The van der Waals surface area contributed by atoms with Crippen LogP contribution < -0.4 is 10.5 Å². The topological polar surface area (TPSA) is 35.2 Å². The minimum absolute atomic E-state index is 0.103. The first-order chi connectivity index (χ1) is 9.51. The predicted molar refractivity (Wildman–Crippen MR) is 80.0 cm³/mol. The summed E-state index contributed by atoms with van der Waals surface area (Å²) >= 11 is 11.6. The predicted octanol–water partition coefficient (Wildman–Crippen LogP) is 4.38. The van der Waals surface area contributed by atoms with Crippen LogP contribution in [0.4, 0.5) is 4.39 Å². The fourth-order valence-electron chi connectivity index (χ4n) is 2.02. The van der Waals surface area contributed by atoms with Gasteiger partial charge in [0.15, 0.2) is 0 Å². The molecule has 2 rings (SSSR count). The first kappa shape index (κ1) is 15.1. The van der Waals surface area contributed by atoms with Gasteiger partial charge >= 0.3 is 0 Å². The Morgan fingerprint density at radius 1 is 1.20 bits per heavy atom. The molecule has 0 radical (unpaired) electrons. The molecule has 0 saturated heterocycles. The Hall–Kier alpha value is -1.29. The van der Waals surface area contributed by atoms with Crippen LogP contribution in [0.3, 0.4) is 0 Å². The molecule has 0 saturated carbocycles. The first-order valence-corrected chi connectivity index (χ1v) is 6.80. The Balaban J connectivity index is 2.23. The monoisotopic (exact) mass is 313 g/mol. The highest BCUT2D eigenvalue weighted by molar-refractivity contribution is 6.31. The molecular formula is C15H14Cl2FNO. The lowest BCUT2D eigenvalue weighted by atomic mass is 9.99. The maximum Gasteiger partial charge on any atom is 0.142 e. The van der Waals surface area contributed by atoms with E-state index in [0.29, 0.717) is 17.2 Å². The van der Waals surface area contributed by atoms with Gasteiger partial charge in [-0.1, -0.05) is 35.3 Å². The van der Waals surface area contributed by atoms with E-state index in [4.69, 9.17) is 33.7 Å². The van der Waals surface area contributed by atoms with Crippen LogP contribution in [0.25, 0.3) is 0 Å². The molecule has 2 aromatic rings. The summed E-state index contributed by atoms with van der Waals surface area (Å²) in [5.74, 6) is 0.180. The summed E-state index contributed by atoms with van der Waals surface area (Å²) in [6.07, 6.45) is 0.478. The van der Waals surface area contributed by atoms with Gasteiger partial charge in [0.1, 0.15) is 11.6 Å². The summed E-state index contributed by atoms with van der Waals surface area (Å²) in [7, 11) is 1.56. The molecule has 5 heteroatoms. The molecule has 0 aromatic heterocycles. The molecule has 0 fully saturated rings. The molecule has 0 heterocycles. The van der Waals surface area contributed by atoms with E-state index in [1.165, 1.54) is 12.1 Å². The lowest BCUT2D eigenvalue weighted by Gasteiger charge is -2.16. The lowest BCUT2D eigenvalue weighted by Crippen LogP contribution is -2.14. The Kier molecular flexibility index (Phi) is 4.86. The molecule has 106 valence electrons. The number of rotatable bonds is 4. The van der Waals surface area contributed by atoms with Gasteiger partial charge in [0.25, 0.3) is 0 Å². The van der Waals surface area contributed by atoms with Gasteiger partial charge in [-0.2, -0.15) is 0 Å². The van der Waals surface area contributed by atoms with E-state index in [-0.39, 0.29) is 11.1 Å². The van der Waals surface area contributed by atoms with Crippen molar-refractivity contribution in [3.63, 3.8) is 0 Å². The Labute approximate surface area is 127 Å². The van der Waals surface area contributed by atoms with Gasteiger partial charge in [-0.05, 0) is 36.2 Å². The Bertz CT molecular complexity index is 619. The smallest absolute Gasteiger partial charge is 0.142 e. The van der Waals surface area contributed by atoms with Crippen molar-refractivity contribution in [2.75, 3.05) is 7.11 Å². The maximum absolute atomic E-state index is 13.4. The van der Waals surface area contributed by atoms with Crippen LogP contribution in [0.5, 0.6) is 5.75 Å². The zero-order valence-corrected chi connectivity index (χ0v) is 12.4. The van der Waals surface area contributed by atoms with Crippen LogP contribution in [0.2, 0.25) is 10.0 Å². The molecule has 0 aliphatic carbocycles. The average molecular weight is 314 g/mol. The number of methoxy groups -OCH3 is 1. The van der Waals surface area contributed by atoms with Crippen molar-refractivity contribution in [3.8, 4) is 5.75 Å². The number of halogens is 3. The van der Waals surface area contributed by atoms with Crippen molar-refractivity contribution in [1.29, 1.82) is 0 Å². The molecule has 0 aliphatic rings. The molecule has 0 amide bonds. The molecule has 2 nitrogen and oxygen atoms in total. The molecule has 20 heavy (non-hydrogen) atoms. The van der Waals surface area contributed by atoms with Gasteiger partial charge in [-0.15, -0.1) is 0 Å². The third-order valence-corrected chi connectivity index (χ3v) is 3.58. The number of benzene rings is 2. The van der Waals surface area contributed by atoms with E-state index in [1.807, 2.05) is 6.07 Å². The van der Waals surface area contributed by atoms with Gasteiger partial charge in [0, 0.05) is 16.6 Å². The zero-order chi connectivity index (χ0) is 14.7.